The van der Waals surface area contributed by atoms with Gasteiger partial charge in [-0.3, -0.25) is 0 Å². The Morgan fingerprint density at radius 3 is 2.34 bits per heavy atom. The number of aliphatic carboxylic acids is 1. The van der Waals surface area contributed by atoms with Crippen molar-refractivity contribution in [3.05, 3.63) is 17.7 Å². The van der Waals surface area contributed by atoms with Crippen LogP contribution < -0.4 is 19.5 Å². The molecule has 0 unspecified atom stereocenters. The minimum Gasteiger partial charge on any atom is -0.493 e. The molecule has 0 atom stereocenters. The summed E-state index contributed by atoms with van der Waals surface area (Å²) >= 11 is 0. The second-order valence-electron chi connectivity index (χ2n) is 5.78. The number of nitrogens with zero attached hydrogens (tertiary/aromatic N) is 2. The number of hydrogen-bond donors (Lipinski definition) is 2. The molecule has 0 saturated carbocycles. The molecular weight excluding hydrogens is 416 g/mol. The van der Waals surface area contributed by atoms with Crippen LogP contribution in [0.15, 0.2) is 22.4 Å². The fourth-order valence-electron chi connectivity index (χ4n) is 2.20. The molecular formula is C15H15F6N3O5. The van der Waals surface area contributed by atoms with E-state index in [-0.39, 0.29) is 19.8 Å². The van der Waals surface area contributed by atoms with Gasteiger partial charge in [0.05, 0.1) is 7.11 Å². The van der Waals surface area contributed by atoms with Crippen molar-refractivity contribution in [2.45, 2.75) is 31.0 Å². The normalized spacial score (nSPS) is 16.1. The molecule has 2 heterocycles. The maximum atomic E-state index is 12.6. The number of alkyl halides is 6. The number of carboxylic acids is 1. The Labute approximate surface area is 159 Å². The molecule has 1 aromatic rings. The Bertz CT molecular complexity index is 775. The fraction of sp³-hybridized carbons (Fsp3) is 0.533. The van der Waals surface area contributed by atoms with E-state index in [2.05, 4.69) is 15.5 Å². The highest BCUT2D eigenvalue weighted by Crippen LogP contribution is 2.46. The number of rotatable bonds is 6. The highest BCUT2D eigenvalue weighted by atomic mass is 19.4. The van der Waals surface area contributed by atoms with Crippen LogP contribution in [0.1, 0.15) is 12.0 Å². The van der Waals surface area contributed by atoms with Gasteiger partial charge in [0.2, 0.25) is 12.5 Å². The van der Waals surface area contributed by atoms with E-state index in [1.807, 2.05) is 0 Å². The lowest BCUT2D eigenvalue weighted by atomic mass is 10.1. The van der Waals surface area contributed by atoms with E-state index >= 15 is 0 Å². The number of halogens is 6. The molecule has 2 aliphatic rings. The van der Waals surface area contributed by atoms with Crippen molar-refractivity contribution in [3.63, 3.8) is 0 Å². The molecule has 0 radical (unpaired) electrons. The summed E-state index contributed by atoms with van der Waals surface area (Å²) < 4.78 is 85.4. The van der Waals surface area contributed by atoms with E-state index < -0.39 is 24.0 Å². The van der Waals surface area contributed by atoms with Crippen LogP contribution in [-0.2, 0) is 11.3 Å². The molecule has 0 fully saturated rings. The third-order valence-corrected chi connectivity index (χ3v) is 3.74. The van der Waals surface area contributed by atoms with Crippen LogP contribution in [0.3, 0.4) is 0 Å². The molecule has 0 spiro atoms. The molecule has 0 aromatic heterocycles. The lowest BCUT2D eigenvalue weighted by Gasteiger charge is -2.14. The van der Waals surface area contributed by atoms with Crippen LogP contribution in [0.5, 0.6) is 17.2 Å². The smallest absolute Gasteiger partial charge is 0.490 e. The average molecular weight is 431 g/mol. The average Bonchev–Trinajstić information content (AvgIpc) is 3.27. The van der Waals surface area contributed by atoms with Gasteiger partial charge in [0.25, 0.3) is 5.66 Å². The second-order valence-corrected chi connectivity index (χ2v) is 5.78. The number of hydrogen-bond acceptors (Lipinski definition) is 7. The van der Waals surface area contributed by atoms with E-state index in [0.717, 1.165) is 5.56 Å². The molecule has 8 nitrogen and oxygen atoms in total. The molecule has 2 N–H and O–H groups in total. The first-order valence-corrected chi connectivity index (χ1v) is 7.88. The van der Waals surface area contributed by atoms with Crippen molar-refractivity contribution in [2.75, 3.05) is 20.4 Å². The third-order valence-electron chi connectivity index (χ3n) is 3.74. The van der Waals surface area contributed by atoms with Crippen LogP contribution >= 0.6 is 0 Å². The number of carboxylic acid groups (broad SMARTS) is 1. The fourth-order valence-corrected chi connectivity index (χ4v) is 2.20. The number of carbonyl (C=O) groups is 1. The Morgan fingerprint density at radius 2 is 1.86 bits per heavy atom. The standard InChI is InChI=1S/C13H14F3N3O3.C2HF3O2/c1-20-9-4-8(5-10-11(9)22-7-21-10)6-17-3-2-12(18-19-12)13(14,15)16;3-2(4,5)1(6)7/h4-5,17H,2-3,6-7H2,1H3;(H,6,7). The lowest BCUT2D eigenvalue weighted by molar-refractivity contribution is -0.192. The largest absolute Gasteiger partial charge is 0.493 e. The van der Waals surface area contributed by atoms with Gasteiger partial charge in [-0.25, -0.2) is 4.79 Å². The third kappa shape index (κ3) is 5.62. The van der Waals surface area contributed by atoms with Crippen molar-refractivity contribution in [2.24, 2.45) is 10.2 Å². The van der Waals surface area contributed by atoms with Gasteiger partial charge in [0, 0.05) is 19.5 Å². The number of benzene rings is 1. The van der Waals surface area contributed by atoms with Gasteiger partial charge >= 0.3 is 18.3 Å². The molecule has 0 bridgehead atoms. The van der Waals surface area contributed by atoms with Gasteiger partial charge in [0.1, 0.15) is 0 Å². The maximum Gasteiger partial charge on any atom is 0.490 e. The van der Waals surface area contributed by atoms with Crippen molar-refractivity contribution in [1.29, 1.82) is 0 Å². The summed E-state index contributed by atoms with van der Waals surface area (Å²) in [5, 5.41) is 16.3. The van der Waals surface area contributed by atoms with Gasteiger partial charge in [-0.1, -0.05) is 0 Å². The first kappa shape index (κ1) is 22.5. The summed E-state index contributed by atoms with van der Waals surface area (Å²) in [6.45, 7) is 0.643. The zero-order valence-electron chi connectivity index (χ0n) is 14.7. The zero-order valence-corrected chi connectivity index (χ0v) is 14.7. The zero-order chi connectivity index (χ0) is 21.9. The predicted molar refractivity (Wildman–Crippen MR) is 82.8 cm³/mol. The van der Waals surface area contributed by atoms with Crippen molar-refractivity contribution >= 4 is 5.97 Å². The first-order valence-electron chi connectivity index (χ1n) is 7.88. The van der Waals surface area contributed by atoms with Crippen molar-refractivity contribution in [1.82, 2.24) is 5.32 Å². The summed E-state index contributed by atoms with van der Waals surface area (Å²) in [4.78, 5) is 8.90. The summed E-state index contributed by atoms with van der Waals surface area (Å²) in [5.41, 5.74) is -1.38. The highest BCUT2D eigenvalue weighted by Gasteiger charge is 2.63. The van der Waals surface area contributed by atoms with Crippen LogP contribution in [0.25, 0.3) is 0 Å². The quantitative estimate of drug-likeness (QED) is 0.530. The Morgan fingerprint density at radius 1 is 1.24 bits per heavy atom. The van der Waals surface area contributed by atoms with Gasteiger partial charge in [-0.15, -0.1) is 10.2 Å². The minimum atomic E-state index is -5.08. The van der Waals surface area contributed by atoms with E-state index in [1.165, 1.54) is 7.11 Å². The van der Waals surface area contributed by atoms with Crippen molar-refractivity contribution < 1.29 is 50.5 Å². The van der Waals surface area contributed by atoms with Crippen LogP contribution in [0, 0.1) is 0 Å². The van der Waals surface area contributed by atoms with Gasteiger partial charge < -0.3 is 24.6 Å². The van der Waals surface area contributed by atoms with E-state index in [4.69, 9.17) is 24.1 Å². The lowest BCUT2D eigenvalue weighted by Crippen LogP contribution is -2.35. The molecule has 3 rings (SSSR count). The summed E-state index contributed by atoms with van der Waals surface area (Å²) in [6.07, 6.45) is -9.71. The summed E-state index contributed by atoms with van der Waals surface area (Å²) in [7, 11) is 1.51. The SMILES string of the molecule is COc1cc(CNCCC2(C(F)(F)F)N=N2)cc2c1OCO2.O=C(O)C(F)(F)F. The summed E-state index contributed by atoms with van der Waals surface area (Å²) in [6, 6.07) is 3.52. The topological polar surface area (TPSA) is 102 Å². The summed E-state index contributed by atoms with van der Waals surface area (Å²) in [5.74, 6) is -1.12. The molecule has 162 valence electrons. The van der Waals surface area contributed by atoms with Gasteiger partial charge in [-0.2, -0.15) is 26.3 Å². The first-order chi connectivity index (χ1) is 13.4. The van der Waals surface area contributed by atoms with E-state index in [9.17, 15) is 26.3 Å². The Kier molecular flexibility index (Phi) is 6.45. The molecule has 0 saturated heterocycles. The number of ether oxygens (including phenoxy) is 3. The van der Waals surface area contributed by atoms with Crippen molar-refractivity contribution in [3.8, 4) is 17.2 Å². The maximum absolute atomic E-state index is 12.6. The second kappa shape index (κ2) is 8.31. The minimum absolute atomic E-state index is 0.125. The Hall–Kier alpha value is -2.77. The number of fused-ring (bicyclic) bond motifs is 1. The number of methoxy groups -OCH3 is 1. The molecule has 14 heteroatoms. The molecule has 0 amide bonds. The van der Waals surface area contributed by atoms with Crippen LogP contribution in [0.2, 0.25) is 0 Å². The number of nitrogens with one attached hydrogen (secondary N) is 1. The monoisotopic (exact) mass is 431 g/mol. The van der Waals surface area contributed by atoms with E-state index in [1.54, 1.807) is 12.1 Å². The van der Waals surface area contributed by atoms with Gasteiger partial charge in [-0.05, 0) is 17.7 Å². The highest BCUT2D eigenvalue weighted by molar-refractivity contribution is 5.73. The molecule has 2 aliphatic heterocycles. The van der Waals surface area contributed by atoms with Crippen LogP contribution in [-0.4, -0.2) is 49.5 Å². The molecule has 0 aliphatic carbocycles. The molecule has 29 heavy (non-hydrogen) atoms. The predicted octanol–water partition coefficient (Wildman–Crippen LogP) is 3.26. The van der Waals surface area contributed by atoms with Crippen LogP contribution in [0.4, 0.5) is 26.3 Å². The molecule has 1 aromatic carbocycles. The van der Waals surface area contributed by atoms with E-state index in [0.29, 0.717) is 23.8 Å². The van der Waals surface area contributed by atoms with Gasteiger partial charge in [0.15, 0.2) is 11.5 Å². The Balaban J connectivity index is 0.000000370.